The van der Waals surface area contributed by atoms with Gasteiger partial charge in [0.25, 0.3) is 0 Å². The van der Waals surface area contributed by atoms with E-state index in [1.165, 1.54) is 5.56 Å². The first-order chi connectivity index (χ1) is 8.66. The molecule has 0 aliphatic rings. The van der Waals surface area contributed by atoms with Gasteiger partial charge in [0, 0.05) is 18.2 Å². The van der Waals surface area contributed by atoms with E-state index in [9.17, 15) is 4.79 Å². The number of nitrogens with two attached hydrogens (primary N) is 1. The van der Waals surface area contributed by atoms with E-state index >= 15 is 0 Å². The molecule has 0 saturated heterocycles. The molecule has 1 aromatic rings. The molecule has 0 aromatic heterocycles. The van der Waals surface area contributed by atoms with E-state index in [0.717, 1.165) is 16.8 Å². The lowest BCUT2D eigenvalue weighted by Gasteiger charge is -2.23. The zero-order valence-electron chi connectivity index (χ0n) is 12.9. The summed E-state index contributed by atoms with van der Waals surface area (Å²) in [6.45, 7) is 12.8. The third-order valence-electron chi connectivity index (χ3n) is 3.45. The molecule has 1 aromatic carbocycles. The van der Waals surface area contributed by atoms with Crippen molar-refractivity contribution in [1.29, 1.82) is 0 Å². The second kappa shape index (κ2) is 5.74. The van der Waals surface area contributed by atoms with Crippen molar-refractivity contribution in [3.05, 3.63) is 28.8 Å². The molecular weight excluding hydrogens is 236 g/mol. The highest BCUT2D eigenvalue weighted by Gasteiger charge is 2.18. The van der Waals surface area contributed by atoms with Crippen LogP contribution in [0.4, 0.5) is 5.69 Å². The van der Waals surface area contributed by atoms with Crippen LogP contribution in [-0.4, -0.2) is 12.5 Å². The van der Waals surface area contributed by atoms with E-state index in [0.29, 0.717) is 6.54 Å². The standard InChI is InChI=1S/C16H26N2O/c1-10-7-13(16(4,5)6)8-11(2)14(10)18-15(19)12(3)9-17/h7-8,12H,9,17H2,1-6H3,(H,18,19). The smallest absolute Gasteiger partial charge is 0.228 e. The lowest BCUT2D eigenvalue weighted by atomic mass is 9.84. The molecular formula is C16H26N2O. The van der Waals surface area contributed by atoms with Crippen LogP contribution in [0.5, 0.6) is 0 Å². The summed E-state index contributed by atoms with van der Waals surface area (Å²) < 4.78 is 0. The molecule has 19 heavy (non-hydrogen) atoms. The second-order valence-corrected chi connectivity index (χ2v) is 6.36. The predicted molar refractivity (Wildman–Crippen MR) is 81.5 cm³/mol. The maximum Gasteiger partial charge on any atom is 0.228 e. The van der Waals surface area contributed by atoms with Crippen molar-refractivity contribution >= 4 is 11.6 Å². The van der Waals surface area contributed by atoms with Gasteiger partial charge in [-0.05, 0) is 36.0 Å². The molecule has 1 unspecified atom stereocenters. The van der Waals surface area contributed by atoms with Crippen LogP contribution in [0.1, 0.15) is 44.4 Å². The number of carbonyl (C=O) groups excluding carboxylic acids is 1. The molecule has 0 spiro atoms. The molecule has 0 bridgehead atoms. The van der Waals surface area contributed by atoms with E-state index in [-0.39, 0.29) is 17.2 Å². The van der Waals surface area contributed by atoms with Gasteiger partial charge in [-0.2, -0.15) is 0 Å². The Balaban J connectivity index is 3.08. The maximum atomic E-state index is 11.9. The molecule has 0 fully saturated rings. The summed E-state index contributed by atoms with van der Waals surface area (Å²) in [5, 5.41) is 2.99. The third-order valence-corrected chi connectivity index (χ3v) is 3.45. The van der Waals surface area contributed by atoms with E-state index in [4.69, 9.17) is 5.73 Å². The predicted octanol–water partition coefficient (Wildman–Crippen LogP) is 3.13. The molecule has 3 N–H and O–H groups in total. The molecule has 3 nitrogen and oxygen atoms in total. The topological polar surface area (TPSA) is 55.1 Å². The Morgan fingerprint density at radius 2 is 1.74 bits per heavy atom. The van der Waals surface area contributed by atoms with Gasteiger partial charge in [0.1, 0.15) is 0 Å². The molecule has 0 aliphatic carbocycles. The normalized spacial score (nSPS) is 13.2. The van der Waals surface area contributed by atoms with Crippen molar-refractivity contribution in [1.82, 2.24) is 0 Å². The first kappa shape index (κ1) is 15.7. The van der Waals surface area contributed by atoms with Crippen LogP contribution in [0.3, 0.4) is 0 Å². The van der Waals surface area contributed by atoms with E-state index in [1.807, 2.05) is 20.8 Å². The molecule has 0 radical (unpaired) electrons. The number of aryl methyl sites for hydroxylation is 2. The summed E-state index contributed by atoms with van der Waals surface area (Å²) in [6.07, 6.45) is 0. The van der Waals surface area contributed by atoms with E-state index < -0.39 is 0 Å². The van der Waals surface area contributed by atoms with E-state index in [2.05, 4.69) is 38.2 Å². The van der Waals surface area contributed by atoms with Crippen LogP contribution in [0.2, 0.25) is 0 Å². The Kier molecular flexibility index (Phi) is 4.75. The molecule has 0 saturated carbocycles. The molecule has 106 valence electrons. The lowest BCUT2D eigenvalue weighted by molar-refractivity contribution is -0.119. The van der Waals surface area contributed by atoms with Crippen LogP contribution >= 0.6 is 0 Å². The summed E-state index contributed by atoms with van der Waals surface area (Å²) >= 11 is 0. The van der Waals surface area contributed by atoms with Gasteiger partial charge in [0.05, 0.1) is 0 Å². The summed E-state index contributed by atoms with van der Waals surface area (Å²) in [5.41, 5.74) is 10.0. The van der Waals surface area contributed by atoms with Gasteiger partial charge in [-0.1, -0.05) is 39.8 Å². The number of carbonyl (C=O) groups is 1. The highest BCUT2D eigenvalue weighted by Crippen LogP contribution is 2.29. The van der Waals surface area contributed by atoms with Crippen molar-refractivity contribution in [2.24, 2.45) is 11.7 Å². The summed E-state index contributed by atoms with van der Waals surface area (Å²) in [5.74, 6) is -0.182. The molecule has 3 heteroatoms. The average molecular weight is 262 g/mol. The van der Waals surface area contributed by atoms with Gasteiger partial charge in [-0.25, -0.2) is 0 Å². The van der Waals surface area contributed by atoms with Gasteiger partial charge < -0.3 is 11.1 Å². The maximum absolute atomic E-state index is 11.9. The molecule has 1 rings (SSSR count). The van der Waals surface area contributed by atoms with Gasteiger partial charge in [-0.15, -0.1) is 0 Å². The zero-order chi connectivity index (χ0) is 14.8. The fourth-order valence-corrected chi connectivity index (χ4v) is 1.95. The quantitative estimate of drug-likeness (QED) is 0.879. The number of anilines is 1. The highest BCUT2D eigenvalue weighted by atomic mass is 16.1. The number of hydrogen-bond donors (Lipinski definition) is 2. The minimum absolute atomic E-state index is 0.0165. The number of benzene rings is 1. The van der Waals surface area contributed by atoms with Crippen LogP contribution in [-0.2, 0) is 10.2 Å². The number of nitrogens with one attached hydrogen (secondary N) is 1. The van der Waals surface area contributed by atoms with Crippen LogP contribution in [0.25, 0.3) is 0 Å². The van der Waals surface area contributed by atoms with Crippen molar-refractivity contribution in [2.45, 2.75) is 47.0 Å². The Bertz CT molecular complexity index is 449. The van der Waals surface area contributed by atoms with Crippen molar-refractivity contribution < 1.29 is 4.79 Å². The van der Waals surface area contributed by atoms with Gasteiger partial charge in [0.15, 0.2) is 0 Å². The molecule has 0 heterocycles. The molecule has 1 amide bonds. The lowest BCUT2D eigenvalue weighted by Crippen LogP contribution is -2.27. The first-order valence-corrected chi connectivity index (χ1v) is 6.79. The fraction of sp³-hybridized carbons (Fsp3) is 0.562. The minimum atomic E-state index is -0.166. The largest absolute Gasteiger partial charge is 0.330 e. The van der Waals surface area contributed by atoms with E-state index in [1.54, 1.807) is 0 Å². The van der Waals surface area contributed by atoms with Gasteiger partial charge in [0.2, 0.25) is 5.91 Å². The van der Waals surface area contributed by atoms with Gasteiger partial charge >= 0.3 is 0 Å². The first-order valence-electron chi connectivity index (χ1n) is 6.79. The molecule has 1 atom stereocenters. The Labute approximate surface area is 116 Å². The Morgan fingerprint density at radius 1 is 1.26 bits per heavy atom. The number of rotatable bonds is 3. The molecule has 0 aliphatic heterocycles. The van der Waals surface area contributed by atoms with Crippen LogP contribution in [0, 0.1) is 19.8 Å². The van der Waals surface area contributed by atoms with Crippen molar-refractivity contribution in [2.75, 3.05) is 11.9 Å². The van der Waals surface area contributed by atoms with Crippen molar-refractivity contribution in [3.8, 4) is 0 Å². The number of amides is 1. The average Bonchev–Trinajstić information content (AvgIpc) is 2.30. The van der Waals surface area contributed by atoms with Crippen molar-refractivity contribution in [3.63, 3.8) is 0 Å². The van der Waals surface area contributed by atoms with Crippen LogP contribution in [0.15, 0.2) is 12.1 Å². The SMILES string of the molecule is Cc1cc(C(C)(C)C)cc(C)c1NC(=O)C(C)CN. The minimum Gasteiger partial charge on any atom is -0.330 e. The summed E-state index contributed by atoms with van der Waals surface area (Å²) in [4.78, 5) is 11.9. The summed E-state index contributed by atoms with van der Waals surface area (Å²) in [6, 6.07) is 4.30. The highest BCUT2D eigenvalue weighted by molar-refractivity contribution is 5.94. The Hall–Kier alpha value is -1.35. The summed E-state index contributed by atoms with van der Waals surface area (Å²) in [7, 11) is 0. The Morgan fingerprint density at radius 3 is 2.11 bits per heavy atom. The second-order valence-electron chi connectivity index (χ2n) is 6.36. The third kappa shape index (κ3) is 3.80. The van der Waals surface area contributed by atoms with Crippen LogP contribution < -0.4 is 11.1 Å². The number of hydrogen-bond acceptors (Lipinski definition) is 2. The zero-order valence-corrected chi connectivity index (χ0v) is 12.9. The monoisotopic (exact) mass is 262 g/mol. The fourth-order valence-electron chi connectivity index (χ4n) is 1.95. The van der Waals surface area contributed by atoms with Gasteiger partial charge in [-0.3, -0.25) is 4.79 Å².